The van der Waals surface area contributed by atoms with Gasteiger partial charge in [-0.2, -0.15) is 0 Å². The lowest BCUT2D eigenvalue weighted by Crippen LogP contribution is -2.15. The number of ether oxygens (including phenoxy) is 1. The second-order valence-electron chi connectivity index (χ2n) is 6.46. The van der Waals surface area contributed by atoms with E-state index in [0.717, 1.165) is 40.2 Å². The van der Waals surface area contributed by atoms with E-state index in [1.54, 1.807) is 6.92 Å². The van der Waals surface area contributed by atoms with Gasteiger partial charge in [-0.25, -0.2) is 4.79 Å². The Hall–Kier alpha value is -2.56. The van der Waals surface area contributed by atoms with Crippen LogP contribution in [0, 0.1) is 20.8 Å². The maximum atomic E-state index is 12.4. The van der Waals surface area contributed by atoms with Crippen molar-refractivity contribution in [3.05, 3.63) is 51.8 Å². The van der Waals surface area contributed by atoms with E-state index in [1.165, 1.54) is 0 Å². The van der Waals surface area contributed by atoms with Crippen LogP contribution in [0.1, 0.15) is 58.7 Å². The quantitative estimate of drug-likeness (QED) is 0.729. The van der Waals surface area contributed by atoms with E-state index < -0.39 is 0 Å². The molecule has 2 rings (SSSR count). The van der Waals surface area contributed by atoms with Crippen LogP contribution in [0.3, 0.4) is 0 Å². The molecule has 0 unspecified atom stereocenters. The number of rotatable bonds is 7. The van der Waals surface area contributed by atoms with Gasteiger partial charge >= 0.3 is 5.97 Å². The minimum atomic E-state index is -0.318. The molecule has 140 valence electrons. The van der Waals surface area contributed by atoms with E-state index >= 15 is 0 Å². The zero-order chi connectivity index (χ0) is 19.3. The van der Waals surface area contributed by atoms with Crippen LogP contribution in [0.4, 0.5) is 5.69 Å². The molecule has 1 aromatic heterocycles. The van der Waals surface area contributed by atoms with Gasteiger partial charge in [-0.05, 0) is 57.2 Å². The lowest BCUT2D eigenvalue weighted by molar-refractivity contribution is -0.116. The number of H-pyrrole nitrogens is 1. The largest absolute Gasteiger partial charge is 0.462 e. The van der Waals surface area contributed by atoms with Crippen molar-refractivity contribution in [2.75, 3.05) is 11.9 Å². The Morgan fingerprint density at radius 2 is 1.88 bits per heavy atom. The fourth-order valence-corrected chi connectivity index (χ4v) is 3.22. The number of aryl methyl sites for hydroxylation is 4. The molecular weight excluding hydrogens is 328 g/mol. The summed E-state index contributed by atoms with van der Waals surface area (Å²) in [6, 6.07) is 6.04. The number of nitrogens with one attached hydrogen (secondary N) is 2. The first kappa shape index (κ1) is 19.8. The fraction of sp³-hybridized carbons (Fsp3) is 0.429. The van der Waals surface area contributed by atoms with Gasteiger partial charge in [-0.3, -0.25) is 4.79 Å². The third-order valence-corrected chi connectivity index (χ3v) is 4.63. The molecule has 0 aliphatic heterocycles. The van der Waals surface area contributed by atoms with Gasteiger partial charge in [0, 0.05) is 23.5 Å². The van der Waals surface area contributed by atoms with E-state index in [9.17, 15) is 9.59 Å². The maximum Gasteiger partial charge on any atom is 0.340 e. The third-order valence-electron chi connectivity index (χ3n) is 4.63. The molecule has 0 aliphatic rings. The first-order valence-electron chi connectivity index (χ1n) is 9.12. The number of carbonyl (C=O) groups is 2. The summed E-state index contributed by atoms with van der Waals surface area (Å²) in [7, 11) is 0. The average Bonchev–Trinajstić information content (AvgIpc) is 2.88. The van der Waals surface area contributed by atoms with Gasteiger partial charge in [0.1, 0.15) is 0 Å². The van der Waals surface area contributed by atoms with Gasteiger partial charge in [-0.1, -0.05) is 25.1 Å². The summed E-state index contributed by atoms with van der Waals surface area (Å²) < 4.78 is 5.11. The van der Waals surface area contributed by atoms with Crippen LogP contribution in [0.5, 0.6) is 0 Å². The van der Waals surface area contributed by atoms with Crippen molar-refractivity contribution in [2.45, 2.75) is 53.9 Å². The Morgan fingerprint density at radius 3 is 2.54 bits per heavy atom. The Balaban J connectivity index is 2.07. The van der Waals surface area contributed by atoms with Gasteiger partial charge in [0.05, 0.1) is 12.2 Å². The number of anilines is 1. The maximum absolute atomic E-state index is 12.4. The van der Waals surface area contributed by atoms with E-state index in [2.05, 4.69) is 17.2 Å². The highest BCUT2D eigenvalue weighted by Gasteiger charge is 2.19. The van der Waals surface area contributed by atoms with Crippen molar-refractivity contribution in [3.8, 4) is 0 Å². The number of aromatic amines is 1. The molecule has 0 atom stereocenters. The summed E-state index contributed by atoms with van der Waals surface area (Å²) in [5, 5.41) is 3.04. The van der Waals surface area contributed by atoms with Crippen molar-refractivity contribution in [3.63, 3.8) is 0 Å². The van der Waals surface area contributed by atoms with Crippen molar-refractivity contribution in [1.82, 2.24) is 4.98 Å². The summed E-state index contributed by atoms with van der Waals surface area (Å²) in [6.07, 6.45) is 1.76. The third kappa shape index (κ3) is 4.34. The first-order valence-corrected chi connectivity index (χ1v) is 9.12. The molecule has 2 N–H and O–H groups in total. The van der Waals surface area contributed by atoms with Crippen LogP contribution in [0.25, 0.3) is 0 Å². The van der Waals surface area contributed by atoms with E-state index in [4.69, 9.17) is 4.74 Å². The lowest BCUT2D eigenvalue weighted by Gasteiger charge is -2.13. The second-order valence-corrected chi connectivity index (χ2v) is 6.46. The molecule has 2 aromatic rings. The molecular formula is C21H28N2O3. The molecule has 0 saturated heterocycles. The van der Waals surface area contributed by atoms with Crippen LogP contribution in [0.2, 0.25) is 0 Å². The molecule has 1 aromatic carbocycles. The summed E-state index contributed by atoms with van der Waals surface area (Å²) >= 11 is 0. The highest BCUT2D eigenvalue weighted by Crippen LogP contribution is 2.23. The molecule has 0 spiro atoms. The minimum Gasteiger partial charge on any atom is -0.462 e. The summed E-state index contributed by atoms with van der Waals surface area (Å²) in [6.45, 7) is 9.95. The molecule has 0 saturated carbocycles. The zero-order valence-corrected chi connectivity index (χ0v) is 16.3. The fourth-order valence-electron chi connectivity index (χ4n) is 3.22. The number of hydrogen-bond acceptors (Lipinski definition) is 3. The zero-order valence-electron chi connectivity index (χ0n) is 16.3. The monoisotopic (exact) mass is 356 g/mol. The predicted octanol–water partition coefficient (Wildman–Crippen LogP) is 4.25. The van der Waals surface area contributed by atoms with Crippen molar-refractivity contribution in [1.29, 1.82) is 0 Å². The van der Waals surface area contributed by atoms with E-state index in [0.29, 0.717) is 25.0 Å². The normalized spacial score (nSPS) is 10.7. The molecule has 1 heterocycles. The number of hydrogen-bond donors (Lipinski definition) is 2. The van der Waals surface area contributed by atoms with E-state index in [1.807, 2.05) is 39.0 Å². The number of carbonyl (C=O) groups excluding carboxylic acids is 2. The predicted molar refractivity (Wildman–Crippen MR) is 104 cm³/mol. The molecule has 0 radical (unpaired) electrons. The minimum absolute atomic E-state index is 0.0293. The molecule has 5 heteroatoms. The van der Waals surface area contributed by atoms with Crippen molar-refractivity contribution < 1.29 is 14.3 Å². The number of esters is 1. The Kier molecular flexibility index (Phi) is 6.61. The standard InChI is InChI=1S/C21H28N2O3/c1-6-16-10-8-9-13(3)20(16)23-18(24)12-11-17-14(4)19(15(5)22-17)21(25)26-7-2/h8-10,22H,6-7,11-12H2,1-5H3,(H,23,24). The highest BCUT2D eigenvalue weighted by molar-refractivity contribution is 5.94. The van der Waals surface area contributed by atoms with Crippen molar-refractivity contribution >= 4 is 17.6 Å². The Labute approximate surface area is 155 Å². The van der Waals surface area contributed by atoms with Crippen molar-refractivity contribution in [2.24, 2.45) is 0 Å². The van der Waals surface area contributed by atoms with Crippen LogP contribution < -0.4 is 5.32 Å². The average molecular weight is 356 g/mol. The molecule has 0 fully saturated rings. The number of amides is 1. The van der Waals surface area contributed by atoms with Crippen LogP contribution in [-0.2, 0) is 22.4 Å². The highest BCUT2D eigenvalue weighted by atomic mass is 16.5. The molecule has 0 bridgehead atoms. The Bertz CT molecular complexity index is 806. The molecule has 5 nitrogen and oxygen atoms in total. The van der Waals surface area contributed by atoms with Gasteiger partial charge in [0.2, 0.25) is 5.91 Å². The molecule has 0 aliphatic carbocycles. The number of benzene rings is 1. The first-order chi connectivity index (χ1) is 12.4. The lowest BCUT2D eigenvalue weighted by atomic mass is 10.0. The van der Waals surface area contributed by atoms with Crippen LogP contribution in [0.15, 0.2) is 18.2 Å². The second kappa shape index (κ2) is 8.70. The smallest absolute Gasteiger partial charge is 0.340 e. The summed E-state index contributed by atoms with van der Waals surface area (Å²) in [4.78, 5) is 27.7. The SMILES string of the molecule is CCOC(=O)c1c(C)[nH]c(CCC(=O)Nc2c(C)cccc2CC)c1C. The summed E-state index contributed by atoms with van der Waals surface area (Å²) in [5.74, 6) is -0.347. The van der Waals surface area contributed by atoms with E-state index in [-0.39, 0.29) is 11.9 Å². The van der Waals surface area contributed by atoms with Gasteiger partial charge < -0.3 is 15.0 Å². The topological polar surface area (TPSA) is 71.2 Å². The molecule has 1 amide bonds. The Morgan fingerprint density at radius 1 is 1.15 bits per heavy atom. The number of aromatic nitrogens is 1. The number of para-hydroxylation sites is 1. The van der Waals surface area contributed by atoms with Crippen LogP contribution >= 0.6 is 0 Å². The van der Waals surface area contributed by atoms with Gasteiger partial charge in [-0.15, -0.1) is 0 Å². The van der Waals surface area contributed by atoms with Crippen LogP contribution in [-0.4, -0.2) is 23.5 Å². The van der Waals surface area contributed by atoms with Gasteiger partial charge in [0.15, 0.2) is 0 Å². The molecule has 26 heavy (non-hydrogen) atoms. The van der Waals surface area contributed by atoms with Gasteiger partial charge in [0.25, 0.3) is 0 Å². The summed E-state index contributed by atoms with van der Waals surface area (Å²) in [5.41, 5.74) is 6.23.